The Bertz CT molecular complexity index is 899. The molecule has 0 unspecified atom stereocenters. The zero-order valence-corrected chi connectivity index (χ0v) is 17.2. The molecule has 0 saturated carbocycles. The first-order valence-electron chi connectivity index (χ1n) is 10.5. The van der Waals surface area contributed by atoms with Gasteiger partial charge in [0.2, 0.25) is 0 Å². The molecule has 28 heavy (non-hydrogen) atoms. The maximum absolute atomic E-state index is 6.28. The van der Waals surface area contributed by atoms with Gasteiger partial charge in [-0.15, -0.1) is 0 Å². The van der Waals surface area contributed by atoms with Crippen molar-refractivity contribution in [2.75, 3.05) is 0 Å². The Kier molecular flexibility index (Phi) is 7.66. The van der Waals surface area contributed by atoms with E-state index in [9.17, 15) is 0 Å². The average Bonchev–Trinajstić information content (AvgIpc) is 2.73. The monoisotopic (exact) mass is 373 g/mol. The minimum Gasteiger partial charge on any atom is -0.488 e. The summed E-state index contributed by atoms with van der Waals surface area (Å²) in [5, 5.41) is 1.09. The number of rotatable bonds is 10. The van der Waals surface area contributed by atoms with Gasteiger partial charge in [0.1, 0.15) is 12.4 Å². The molecule has 0 aliphatic rings. The van der Waals surface area contributed by atoms with E-state index in [2.05, 4.69) is 56.3 Å². The number of ether oxygens (including phenoxy) is 1. The van der Waals surface area contributed by atoms with Gasteiger partial charge in [-0.25, -0.2) is 0 Å². The van der Waals surface area contributed by atoms with E-state index in [4.69, 9.17) is 9.72 Å². The van der Waals surface area contributed by atoms with Crippen molar-refractivity contribution >= 4 is 10.9 Å². The number of nitrogens with zero attached hydrogens (tertiary/aromatic N) is 1. The van der Waals surface area contributed by atoms with Crippen LogP contribution in [0.1, 0.15) is 55.8 Å². The van der Waals surface area contributed by atoms with E-state index in [0.717, 1.165) is 40.8 Å². The minimum atomic E-state index is 0.572. The van der Waals surface area contributed by atoms with E-state index in [1.54, 1.807) is 0 Å². The highest BCUT2D eigenvalue weighted by molar-refractivity contribution is 5.86. The van der Waals surface area contributed by atoms with Crippen LogP contribution >= 0.6 is 0 Å². The summed E-state index contributed by atoms with van der Waals surface area (Å²) in [4.78, 5) is 4.91. The molecule has 146 valence electrons. The highest BCUT2D eigenvalue weighted by Crippen LogP contribution is 2.31. The van der Waals surface area contributed by atoms with Crippen LogP contribution in [0.5, 0.6) is 5.75 Å². The summed E-state index contributed by atoms with van der Waals surface area (Å²) < 4.78 is 6.28. The molecule has 0 aliphatic carbocycles. The molecule has 3 aromatic rings. The fraction of sp³-hybridized carbons (Fsp3) is 0.346. The van der Waals surface area contributed by atoms with Gasteiger partial charge in [0, 0.05) is 17.4 Å². The molecule has 1 aromatic heterocycles. The van der Waals surface area contributed by atoms with Crippen LogP contribution in [0.2, 0.25) is 0 Å². The zero-order valence-electron chi connectivity index (χ0n) is 17.2. The molecule has 0 bridgehead atoms. The zero-order chi connectivity index (χ0) is 19.6. The minimum absolute atomic E-state index is 0.572. The van der Waals surface area contributed by atoms with Crippen LogP contribution in [0.4, 0.5) is 0 Å². The molecule has 0 N–H and O–H groups in total. The van der Waals surface area contributed by atoms with Gasteiger partial charge >= 0.3 is 0 Å². The molecule has 0 atom stereocenters. The van der Waals surface area contributed by atoms with Crippen LogP contribution in [-0.4, -0.2) is 4.98 Å². The topological polar surface area (TPSA) is 22.1 Å². The fourth-order valence-electron chi connectivity index (χ4n) is 3.44. The van der Waals surface area contributed by atoms with Crippen molar-refractivity contribution in [3.63, 3.8) is 0 Å². The summed E-state index contributed by atoms with van der Waals surface area (Å²) in [6, 6.07) is 18.6. The van der Waals surface area contributed by atoms with Gasteiger partial charge in [0.25, 0.3) is 0 Å². The van der Waals surface area contributed by atoms with Crippen molar-refractivity contribution in [1.82, 2.24) is 4.98 Å². The predicted molar refractivity (Wildman–Crippen MR) is 119 cm³/mol. The van der Waals surface area contributed by atoms with Gasteiger partial charge in [-0.1, -0.05) is 80.8 Å². The van der Waals surface area contributed by atoms with Crippen LogP contribution < -0.4 is 4.74 Å². The molecule has 0 spiro atoms. The molecule has 2 aromatic carbocycles. The van der Waals surface area contributed by atoms with Crippen LogP contribution in [0.3, 0.4) is 0 Å². The Labute approximate surface area is 169 Å². The summed E-state index contributed by atoms with van der Waals surface area (Å²) in [6.45, 7) is 4.95. The molecule has 2 nitrogen and oxygen atoms in total. The molecule has 0 aliphatic heterocycles. The first-order chi connectivity index (χ1) is 13.8. The molecule has 1 heterocycles. The Hall–Kier alpha value is -2.61. The third-order valence-corrected chi connectivity index (χ3v) is 5.11. The maximum atomic E-state index is 6.28. The lowest BCUT2D eigenvalue weighted by Gasteiger charge is -2.15. The smallest absolute Gasteiger partial charge is 0.133 e. The van der Waals surface area contributed by atoms with Gasteiger partial charge in [-0.3, -0.25) is 4.98 Å². The van der Waals surface area contributed by atoms with Gasteiger partial charge in [0.15, 0.2) is 0 Å². The Balaban J connectivity index is 1.75. The number of pyridine rings is 1. The lowest BCUT2D eigenvalue weighted by atomic mass is 10.1. The highest BCUT2D eigenvalue weighted by Gasteiger charge is 2.12. The van der Waals surface area contributed by atoms with Crippen LogP contribution in [-0.2, 0) is 13.0 Å². The number of hydrogen-bond donors (Lipinski definition) is 0. The molecule has 0 amide bonds. The lowest BCUT2D eigenvalue weighted by molar-refractivity contribution is 0.307. The van der Waals surface area contributed by atoms with Gasteiger partial charge < -0.3 is 4.74 Å². The van der Waals surface area contributed by atoms with E-state index in [1.807, 2.05) is 24.3 Å². The quantitative estimate of drug-likeness (QED) is 0.277. The van der Waals surface area contributed by atoms with Crippen molar-refractivity contribution in [2.45, 2.75) is 59.0 Å². The summed E-state index contributed by atoms with van der Waals surface area (Å²) in [5.41, 5.74) is 4.43. The molecule has 0 saturated heterocycles. The fourth-order valence-corrected chi connectivity index (χ4v) is 3.44. The largest absolute Gasteiger partial charge is 0.488 e. The summed E-state index contributed by atoms with van der Waals surface area (Å²) >= 11 is 0. The number of aromatic nitrogens is 1. The molecular formula is C26H31NO. The Morgan fingerprint density at radius 1 is 0.893 bits per heavy atom. The van der Waals surface area contributed by atoms with E-state index in [1.165, 1.54) is 31.2 Å². The maximum Gasteiger partial charge on any atom is 0.133 e. The molecular weight excluding hydrogens is 342 g/mol. The third kappa shape index (κ3) is 5.45. The van der Waals surface area contributed by atoms with Crippen molar-refractivity contribution in [1.29, 1.82) is 0 Å². The van der Waals surface area contributed by atoms with Crippen LogP contribution in [0.25, 0.3) is 10.9 Å². The van der Waals surface area contributed by atoms with E-state index < -0.39 is 0 Å². The normalized spacial score (nSPS) is 11.4. The Morgan fingerprint density at radius 3 is 2.50 bits per heavy atom. The second kappa shape index (κ2) is 10.7. The van der Waals surface area contributed by atoms with E-state index in [-0.39, 0.29) is 0 Å². The van der Waals surface area contributed by atoms with Gasteiger partial charge in [-0.05, 0) is 37.5 Å². The number of hydrogen-bond acceptors (Lipinski definition) is 2. The third-order valence-electron chi connectivity index (χ3n) is 5.11. The second-order valence-electron chi connectivity index (χ2n) is 7.33. The number of unbranched alkanes of at least 4 members (excludes halogenated alkanes) is 4. The highest BCUT2D eigenvalue weighted by atomic mass is 16.5. The summed E-state index contributed by atoms with van der Waals surface area (Å²) in [6.07, 6.45) is 11.8. The number of para-hydroxylation sites is 1. The van der Waals surface area contributed by atoms with Gasteiger partial charge in [-0.2, -0.15) is 0 Å². The van der Waals surface area contributed by atoms with Crippen LogP contribution in [0.15, 0.2) is 66.7 Å². The lowest BCUT2D eigenvalue weighted by Crippen LogP contribution is -2.02. The molecule has 0 radical (unpaired) electrons. The molecule has 3 rings (SSSR count). The van der Waals surface area contributed by atoms with E-state index in [0.29, 0.717) is 6.61 Å². The van der Waals surface area contributed by atoms with Crippen molar-refractivity contribution in [2.24, 2.45) is 0 Å². The van der Waals surface area contributed by atoms with Crippen LogP contribution in [0, 0.1) is 6.92 Å². The second-order valence-corrected chi connectivity index (χ2v) is 7.33. The number of benzene rings is 2. The summed E-state index contributed by atoms with van der Waals surface area (Å²) in [5.74, 6) is 0.959. The Morgan fingerprint density at radius 2 is 1.68 bits per heavy atom. The SMILES string of the molecule is CCCCCCC=CCc1nc2ccccc2c(OCc2ccccc2)c1C. The number of allylic oxidation sites excluding steroid dienone is 2. The van der Waals surface area contributed by atoms with Crippen molar-refractivity contribution in [3.05, 3.63) is 83.6 Å². The average molecular weight is 374 g/mol. The standard InChI is InChI=1S/C26H31NO/c1-3-4-5-6-7-8-12-18-24-21(2)26(23-17-13-14-19-25(23)27-24)28-20-22-15-10-9-11-16-22/h8-17,19H,3-7,18,20H2,1-2H3. The van der Waals surface area contributed by atoms with E-state index >= 15 is 0 Å². The van der Waals surface area contributed by atoms with Crippen molar-refractivity contribution in [3.8, 4) is 5.75 Å². The number of fused-ring (bicyclic) bond motifs is 1. The summed E-state index contributed by atoms with van der Waals surface area (Å²) in [7, 11) is 0. The first kappa shape index (κ1) is 20.1. The van der Waals surface area contributed by atoms with Gasteiger partial charge in [0.05, 0.1) is 11.2 Å². The molecule has 0 fully saturated rings. The first-order valence-corrected chi connectivity index (χ1v) is 10.5. The van der Waals surface area contributed by atoms with Crippen molar-refractivity contribution < 1.29 is 4.74 Å². The predicted octanol–water partition coefficient (Wildman–Crippen LogP) is 7.19. The molecule has 2 heteroatoms.